The smallest absolute Gasteiger partial charge is 0.261 e. The molecule has 5 nitrogen and oxygen atoms in total. The number of benzene rings is 2. The molecule has 0 bridgehead atoms. The molecule has 0 unspecified atom stereocenters. The molecule has 2 N–H and O–H groups in total. The van der Waals surface area contributed by atoms with Crippen LogP contribution in [0.5, 0.6) is 11.5 Å². The number of hydrogen-bond donors (Lipinski definition) is 2. The summed E-state index contributed by atoms with van der Waals surface area (Å²) in [6.45, 7) is 8.79. The number of hydrogen-bond acceptors (Lipinski definition) is 4. The summed E-state index contributed by atoms with van der Waals surface area (Å²) in [6, 6.07) is 12.7. The zero-order valence-corrected chi connectivity index (χ0v) is 19.0. The minimum absolute atomic E-state index is 0.187. The van der Waals surface area contributed by atoms with Crippen molar-refractivity contribution in [3.8, 4) is 11.5 Å². The highest BCUT2D eigenvalue weighted by molar-refractivity contribution is 9.10. The SMILES string of the molecule is C=C(C)COc1cccc(NC(=S)NC(=O)c2cc(Br)ccc2OCCCC)c1. The van der Waals surface area contributed by atoms with Crippen LogP contribution in [0.15, 0.2) is 59.1 Å². The Hall–Kier alpha value is -2.38. The van der Waals surface area contributed by atoms with E-state index in [2.05, 4.69) is 40.1 Å². The summed E-state index contributed by atoms with van der Waals surface area (Å²) in [5.74, 6) is 0.868. The first kappa shape index (κ1) is 22.9. The van der Waals surface area contributed by atoms with Crippen molar-refractivity contribution in [2.75, 3.05) is 18.5 Å². The lowest BCUT2D eigenvalue weighted by Crippen LogP contribution is -2.34. The fourth-order valence-electron chi connectivity index (χ4n) is 2.33. The Morgan fingerprint density at radius 1 is 1.21 bits per heavy atom. The first-order valence-corrected chi connectivity index (χ1v) is 10.5. The van der Waals surface area contributed by atoms with Crippen LogP contribution in [0.2, 0.25) is 0 Å². The molecule has 0 saturated heterocycles. The number of ether oxygens (including phenoxy) is 2. The van der Waals surface area contributed by atoms with Gasteiger partial charge in [-0.15, -0.1) is 0 Å². The number of unbranched alkanes of at least 4 members (excludes halogenated alkanes) is 1. The molecule has 2 aromatic rings. The topological polar surface area (TPSA) is 59.6 Å². The standard InChI is InChI=1S/C22H25BrN2O3S/c1-4-5-11-27-20-10-9-16(23)12-19(20)21(26)25-22(29)24-17-7-6-8-18(13-17)28-14-15(2)3/h6-10,12-13H,2,4-5,11,14H2,1,3H3,(H2,24,25,26,29). The molecule has 2 aromatic carbocycles. The maximum absolute atomic E-state index is 12.7. The van der Waals surface area contributed by atoms with Crippen LogP contribution >= 0.6 is 28.1 Å². The van der Waals surface area contributed by atoms with Crippen LogP contribution < -0.4 is 20.1 Å². The summed E-state index contributed by atoms with van der Waals surface area (Å²) in [5, 5.41) is 5.89. The van der Waals surface area contributed by atoms with Gasteiger partial charge in [0.25, 0.3) is 5.91 Å². The van der Waals surface area contributed by atoms with Gasteiger partial charge in [-0.25, -0.2) is 0 Å². The van der Waals surface area contributed by atoms with E-state index in [1.807, 2.05) is 31.2 Å². The number of nitrogens with one attached hydrogen (secondary N) is 2. The average Bonchev–Trinajstić information content (AvgIpc) is 2.67. The quantitative estimate of drug-likeness (QED) is 0.275. The maximum atomic E-state index is 12.7. The van der Waals surface area contributed by atoms with Crippen LogP contribution in [-0.2, 0) is 0 Å². The molecular formula is C22H25BrN2O3S. The van der Waals surface area contributed by atoms with Gasteiger partial charge < -0.3 is 14.8 Å². The molecule has 0 aromatic heterocycles. The third kappa shape index (κ3) is 7.87. The van der Waals surface area contributed by atoms with E-state index in [1.165, 1.54) is 0 Å². The summed E-state index contributed by atoms with van der Waals surface area (Å²) in [4.78, 5) is 12.7. The second-order valence-corrected chi connectivity index (χ2v) is 7.85. The Kier molecular flexibility index (Phi) is 9.15. The fraction of sp³-hybridized carbons (Fsp3) is 0.273. The van der Waals surface area contributed by atoms with E-state index in [0.29, 0.717) is 36.0 Å². The molecular weight excluding hydrogens is 452 g/mol. The van der Waals surface area contributed by atoms with Crippen molar-refractivity contribution in [3.63, 3.8) is 0 Å². The van der Waals surface area contributed by atoms with Crippen molar-refractivity contribution in [2.24, 2.45) is 0 Å². The van der Waals surface area contributed by atoms with E-state index < -0.39 is 0 Å². The molecule has 0 aliphatic rings. The Morgan fingerprint density at radius 3 is 2.72 bits per heavy atom. The predicted molar refractivity (Wildman–Crippen MR) is 125 cm³/mol. The number of halogens is 1. The van der Waals surface area contributed by atoms with Gasteiger partial charge in [-0.05, 0) is 61.5 Å². The fourth-order valence-corrected chi connectivity index (χ4v) is 2.91. The summed E-state index contributed by atoms with van der Waals surface area (Å²) >= 11 is 8.69. The van der Waals surface area contributed by atoms with Crippen LogP contribution in [0.25, 0.3) is 0 Å². The van der Waals surface area contributed by atoms with E-state index >= 15 is 0 Å². The Bertz CT molecular complexity index is 886. The zero-order chi connectivity index (χ0) is 21.2. The number of anilines is 1. The van der Waals surface area contributed by atoms with Gasteiger partial charge in [-0.1, -0.05) is 41.9 Å². The summed E-state index contributed by atoms with van der Waals surface area (Å²) in [5.41, 5.74) is 2.05. The molecule has 7 heteroatoms. The van der Waals surface area contributed by atoms with Crippen molar-refractivity contribution >= 4 is 44.9 Å². The number of thiocarbonyl (C=S) groups is 1. The first-order chi connectivity index (χ1) is 13.9. The van der Waals surface area contributed by atoms with Gasteiger partial charge in [0.2, 0.25) is 0 Å². The van der Waals surface area contributed by atoms with Crippen molar-refractivity contribution in [1.29, 1.82) is 0 Å². The number of carbonyl (C=O) groups is 1. The van der Waals surface area contributed by atoms with Crippen LogP contribution in [0.3, 0.4) is 0 Å². The third-order valence-electron chi connectivity index (χ3n) is 3.75. The van der Waals surface area contributed by atoms with Gasteiger partial charge in [0, 0.05) is 16.2 Å². The van der Waals surface area contributed by atoms with E-state index in [-0.39, 0.29) is 11.0 Å². The van der Waals surface area contributed by atoms with Crippen molar-refractivity contribution < 1.29 is 14.3 Å². The van der Waals surface area contributed by atoms with Gasteiger partial charge in [0.1, 0.15) is 18.1 Å². The van der Waals surface area contributed by atoms with Crippen LogP contribution in [0, 0.1) is 0 Å². The molecule has 1 amide bonds. The van der Waals surface area contributed by atoms with E-state index in [4.69, 9.17) is 21.7 Å². The monoisotopic (exact) mass is 476 g/mol. The second kappa shape index (κ2) is 11.6. The van der Waals surface area contributed by atoms with Crippen LogP contribution in [0.1, 0.15) is 37.0 Å². The van der Waals surface area contributed by atoms with E-state index in [1.54, 1.807) is 18.2 Å². The first-order valence-electron chi connectivity index (χ1n) is 9.31. The Morgan fingerprint density at radius 2 is 2.00 bits per heavy atom. The molecule has 29 heavy (non-hydrogen) atoms. The summed E-state index contributed by atoms with van der Waals surface area (Å²) in [7, 11) is 0. The number of amides is 1. The lowest BCUT2D eigenvalue weighted by atomic mass is 10.2. The average molecular weight is 477 g/mol. The summed E-state index contributed by atoms with van der Waals surface area (Å²) < 4.78 is 12.2. The number of rotatable bonds is 9. The second-order valence-electron chi connectivity index (χ2n) is 6.52. The Balaban J connectivity index is 2.02. The van der Waals surface area contributed by atoms with Gasteiger partial charge in [0.05, 0.1) is 12.2 Å². The largest absolute Gasteiger partial charge is 0.493 e. The Labute approximate surface area is 185 Å². The summed E-state index contributed by atoms with van der Waals surface area (Å²) in [6.07, 6.45) is 1.93. The van der Waals surface area contributed by atoms with Gasteiger partial charge in [-0.3, -0.25) is 10.1 Å². The third-order valence-corrected chi connectivity index (χ3v) is 4.44. The number of carbonyl (C=O) groups excluding carboxylic acids is 1. The molecule has 0 aliphatic heterocycles. The lowest BCUT2D eigenvalue weighted by Gasteiger charge is -2.14. The predicted octanol–water partition coefficient (Wildman–Crippen LogP) is 5.71. The van der Waals surface area contributed by atoms with Crippen LogP contribution in [-0.4, -0.2) is 24.2 Å². The maximum Gasteiger partial charge on any atom is 0.261 e. The van der Waals surface area contributed by atoms with E-state index in [9.17, 15) is 4.79 Å². The highest BCUT2D eigenvalue weighted by Crippen LogP contribution is 2.24. The molecule has 0 atom stereocenters. The minimum atomic E-state index is -0.343. The van der Waals surface area contributed by atoms with Crippen molar-refractivity contribution in [3.05, 3.63) is 64.7 Å². The van der Waals surface area contributed by atoms with Gasteiger partial charge in [0.15, 0.2) is 5.11 Å². The molecule has 2 rings (SSSR count). The molecule has 154 valence electrons. The highest BCUT2D eigenvalue weighted by atomic mass is 79.9. The van der Waals surface area contributed by atoms with Crippen molar-refractivity contribution in [1.82, 2.24) is 5.32 Å². The minimum Gasteiger partial charge on any atom is -0.493 e. The van der Waals surface area contributed by atoms with Gasteiger partial charge >= 0.3 is 0 Å². The molecule has 0 saturated carbocycles. The normalized spacial score (nSPS) is 10.2. The highest BCUT2D eigenvalue weighted by Gasteiger charge is 2.15. The molecule has 0 spiro atoms. The van der Waals surface area contributed by atoms with Gasteiger partial charge in [-0.2, -0.15) is 0 Å². The molecule has 0 heterocycles. The molecule has 0 aliphatic carbocycles. The zero-order valence-electron chi connectivity index (χ0n) is 16.6. The lowest BCUT2D eigenvalue weighted by molar-refractivity contribution is 0.0973. The van der Waals surface area contributed by atoms with Crippen molar-refractivity contribution in [2.45, 2.75) is 26.7 Å². The van der Waals surface area contributed by atoms with Crippen LogP contribution in [0.4, 0.5) is 5.69 Å². The molecule has 0 radical (unpaired) electrons. The molecule has 0 fully saturated rings. The van der Waals surface area contributed by atoms with E-state index in [0.717, 1.165) is 22.9 Å².